The van der Waals surface area contributed by atoms with Crippen molar-refractivity contribution in [2.75, 3.05) is 50.8 Å². The molecule has 3 amide bonds. The molecule has 4 aromatic carbocycles. The van der Waals surface area contributed by atoms with E-state index in [1.165, 1.54) is 20.9 Å². The van der Waals surface area contributed by atoms with Crippen molar-refractivity contribution in [2.24, 2.45) is 5.92 Å². The maximum atomic E-state index is 17.3. The predicted octanol–water partition coefficient (Wildman–Crippen LogP) is 10.3. The molecule has 8 aromatic rings. The quantitative estimate of drug-likeness (QED) is 0.0535. The second kappa shape index (κ2) is 25.5. The van der Waals surface area contributed by atoms with Gasteiger partial charge in [-0.05, 0) is 112 Å². The van der Waals surface area contributed by atoms with Crippen LogP contribution in [0.5, 0.6) is 11.5 Å². The van der Waals surface area contributed by atoms with Crippen molar-refractivity contribution in [3.8, 4) is 44.3 Å². The summed E-state index contributed by atoms with van der Waals surface area (Å²) in [5, 5.41) is 53.8. The smallest absolute Gasteiger partial charge is 0.407 e. The van der Waals surface area contributed by atoms with Gasteiger partial charge in [-0.2, -0.15) is 5.10 Å². The van der Waals surface area contributed by atoms with Gasteiger partial charge in [-0.1, -0.05) is 88.4 Å². The number of thiazole rings is 1. The lowest BCUT2D eigenvalue weighted by atomic mass is 9.87. The molecule has 1 unspecified atom stereocenters. The van der Waals surface area contributed by atoms with Gasteiger partial charge < -0.3 is 54.9 Å². The Balaban J connectivity index is 0.813. The standard InChI is InChI=1S/C70H82FN13O9S/c1-37(2)61(67(88)82-32-47(86)27-54(82)66(87)75-52(34-85)42-15-19-44(20-16-42)64-39(4)73-36-94-64)83-33-51(78-79-83)41-13-11-40(12-14-41)35-92-63-58(56-38(3)50(71)28-53-49(56)29-74-84(53)55-10-8-9-25-91-55)57(43-17-18-43)62(93-48-21-23-72-24-22-48)59-60(63)76-68(70(5,6)7)77-65(59)80-30-46-26-45(80)31-81(46)69(89)90/h11-16,19-20,28-29,33,36-37,43,45-48,52,54-55,61,72,85-86H,8-10,17-18,21-27,30-32,34-35H2,1-7H3,(H,75,87)(H,89,90)/t45-,46-,47+,52-,54-,55?,61-/m0/s1. The molecule has 6 aliphatic rings. The van der Waals surface area contributed by atoms with Crippen LogP contribution in [0.25, 0.3) is 54.6 Å². The van der Waals surface area contributed by atoms with Crippen LogP contribution in [0.3, 0.4) is 0 Å². The van der Waals surface area contributed by atoms with Crippen molar-refractivity contribution in [1.29, 1.82) is 0 Å². The Kier molecular flexibility index (Phi) is 17.2. The van der Waals surface area contributed by atoms with E-state index in [-0.39, 0.29) is 62.4 Å². The number of nitrogens with one attached hydrogen (secondary N) is 2. The molecule has 14 rings (SSSR count). The monoisotopic (exact) mass is 1300 g/mol. The molecule has 94 heavy (non-hydrogen) atoms. The largest absolute Gasteiger partial charge is 0.489 e. The number of likely N-dealkylation sites (tertiary alicyclic amines) is 2. The highest BCUT2D eigenvalue weighted by Gasteiger charge is 2.49. The SMILES string of the molecule is Cc1ncsc1-c1ccc([C@H](CO)NC(=O)[C@@H]2C[C@@H](O)CN2C(=O)[C@H](C(C)C)n2cc(-c3ccc(COc4c(-c5c(C)c(F)cc6c5cnn6C5CCCCO5)c(C5CC5)c(OC5CCNCC5)c5c(N6C[C@@H]7C[C@H]6CN7C(=O)O)nc(C(C)(C)C)nc45)cc3)nn2)cc1. The van der Waals surface area contributed by atoms with Crippen LogP contribution in [0.1, 0.15) is 150 Å². The Morgan fingerprint density at radius 1 is 0.904 bits per heavy atom. The Hall–Kier alpha value is -8.16. The zero-order valence-electron chi connectivity index (χ0n) is 54.2. The minimum Gasteiger partial charge on any atom is -0.489 e. The van der Waals surface area contributed by atoms with Gasteiger partial charge in [-0.25, -0.2) is 33.5 Å². The fourth-order valence-electron chi connectivity index (χ4n) is 14.7. The Labute approximate surface area is 548 Å². The van der Waals surface area contributed by atoms with E-state index in [0.29, 0.717) is 93.6 Å². The maximum absolute atomic E-state index is 17.3. The number of nitrogens with zero attached hydrogens (tertiary/aromatic N) is 11. The topological polar surface area (TPSA) is 261 Å². The molecule has 5 saturated heterocycles. The van der Waals surface area contributed by atoms with Crippen LogP contribution >= 0.6 is 11.3 Å². The van der Waals surface area contributed by atoms with E-state index in [9.17, 15) is 29.7 Å². The number of anilines is 1. The first-order valence-corrected chi connectivity index (χ1v) is 34.1. The van der Waals surface area contributed by atoms with E-state index in [0.717, 1.165) is 96.2 Å². The zero-order chi connectivity index (χ0) is 65.4. The highest BCUT2D eigenvalue weighted by atomic mass is 32.1. The normalized spacial score (nSPS) is 21.6. The Morgan fingerprint density at radius 2 is 1.67 bits per heavy atom. The van der Waals surface area contributed by atoms with Gasteiger partial charge >= 0.3 is 6.09 Å². The number of piperazine rings is 1. The predicted molar refractivity (Wildman–Crippen MR) is 353 cm³/mol. The first-order chi connectivity index (χ1) is 45.3. The number of aliphatic hydroxyl groups is 2. The summed E-state index contributed by atoms with van der Waals surface area (Å²) in [5.74, 6) is 0.795. The average molecular weight is 1300 g/mol. The molecule has 5 N–H and O–H groups in total. The van der Waals surface area contributed by atoms with Crippen molar-refractivity contribution in [1.82, 2.24) is 60.2 Å². The number of rotatable bonds is 18. The van der Waals surface area contributed by atoms with E-state index in [2.05, 4.69) is 51.6 Å². The van der Waals surface area contributed by atoms with Gasteiger partial charge in [-0.3, -0.25) is 9.59 Å². The fraction of sp³-hybridized carbons (Fsp3) is 0.500. The van der Waals surface area contributed by atoms with Gasteiger partial charge in [0.2, 0.25) is 11.8 Å². The summed E-state index contributed by atoms with van der Waals surface area (Å²) in [4.78, 5) is 63.2. The molecule has 6 fully saturated rings. The number of aliphatic hydroxyl groups excluding tert-OH is 2. The van der Waals surface area contributed by atoms with E-state index >= 15 is 4.39 Å². The summed E-state index contributed by atoms with van der Waals surface area (Å²) in [6.07, 6.45) is 7.74. The third-order valence-corrected chi connectivity index (χ3v) is 20.8. The first-order valence-electron chi connectivity index (χ1n) is 33.2. The van der Waals surface area contributed by atoms with Gasteiger partial charge in [0.05, 0.1) is 70.2 Å². The molecular formula is C70H82FN13O9S. The number of aromatic nitrogens is 8. The van der Waals surface area contributed by atoms with Crippen molar-refractivity contribution in [3.05, 3.63) is 112 Å². The summed E-state index contributed by atoms with van der Waals surface area (Å²) in [6.45, 7) is 16.3. The van der Waals surface area contributed by atoms with Crippen LogP contribution in [0, 0.1) is 25.6 Å². The van der Waals surface area contributed by atoms with Crippen molar-refractivity contribution >= 4 is 56.9 Å². The molecule has 2 bridgehead atoms. The summed E-state index contributed by atoms with van der Waals surface area (Å²) >= 11 is 1.54. The maximum Gasteiger partial charge on any atom is 0.407 e. The highest BCUT2D eigenvalue weighted by Crippen LogP contribution is 2.59. The minimum atomic E-state index is -1.00. The van der Waals surface area contributed by atoms with Crippen LogP contribution in [0.15, 0.2) is 72.5 Å². The number of fused-ring (bicyclic) bond motifs is 4. The lowest BCUT2D eigenvalue weighted by Crippen LogP contribution is -2.50. The van der Waals surface area contributed by atoms with E-state index in [4.69, 9.17) is 29.3 Å². The molecule has 22 nitrogen and oxygen atoms in total. The number of aryl methyl sites for hydroxylation is 1. The summed E-state index contributed by atoms with van der Waals surface area (Å²) < 4.78 is 41.9. The summed E-state index contributed by atoms with van der Waals surface area (Å²) in [5.41, 5.74) is 9.65. The second-order valence-corrected chi connectivity index (χ2v) is 28.6. The summed E-state index contributed by atoms with van der Waals surface area (Å²) in [7, 11) is 0. The number of benzene rings is 4. The number of hydrogen-bond acceptors (Lipinski definition) is 17. The number of amides is 3. The zero-order valence-corrected chi connectivity index (χ0v) is 55.0. The van der Waals surface area contributed by atoms with Crippen LogP contribution in [0.2, 0.25) is 0 Å². The number of hydrogen-bond donors (Lipinski definition) is 5. The number of carbonyl (C=O) groups excluding carboxylic acids is 2. The summed E-state index contributed by atoms with van der Waals surface area (Å²) in [6, 6.07) is 13.9. The van der Waals surface area contributed by atoms with Crippen LogP contribution in [0.4, 0.5) is 15.0 Å². The van der Waals surface area contributed by atoms with Gasteiger partial charge in [0, 0.05) is 71.8 Å². The number of halogens is 1. The van der Waals surface area contributed by atoms with Gasteiger partial charge in [0.1, 0.15) is 59.2 Å². The molecule has 1 saturated carbocycles. The molecule has 0 radical (unpaired) electrons. The number of carboxylic acid groups (broad SMARTS) is 1. The molecule has 24 heteroatoms. The lowest BCUT2D eigenvalue weighted by Gasteiger charge is -2.36. The fourth-order valence-corrected chi connectivity index (χ4v) is 15.5. The molecule has 494 valence electrons. The molecule has 7 atom stereocenters. The first kappa shape index (κ1) is 63.2. The Morgan fingerprint density at radius 3 is 2.33 bits per heavy atom. The van der Waals surface area contributed by atoms with Gasteiger partial charge in [0.15, 0.2) is 12.0 Å². The highest BCUT2D eigenvalue weighted by molar-refractivity contribution is 7.13. The third-order valence-electron chi connectivity index (χ3n) is 19.8. The van der Waals surface area contributed by atoms with E-state index in [1.807, 2.05) is 87.1 Å². The van der Waals surface area contributed by atoms with E-state index < -0.39 is 53.4 Å². The van der Waals surface area contributed by atoms with E-state index in [1.54, 1.807) is 22.7 Å². The molecular weight excluding hydrogens is 1220 g/mol. The average Bonchev–Trinajstić information content (AvgIpc) is 1.26. The molecule has 5 aliphatic heterocycles. The van der Waals surface area contributed by atoms with Crippen LogP contribution in [-0.2, 0) is 26.3 Å². The molecule has 4 aromatic heterocycles. The van der Waals surface area contributed by atoms with Crippen molar-refractivity contribution in [2.45, 2.75) is 173 Å². The van der Waals surface area contributed by atoms with Crippen molar-refractivity contribution < 1.29 is 48.3 Å². The lowest BCUT2D eigenvalue weighted by molar-refractivity contribution is -0.142. The molecule has 9 heterocycles. The van der Waals surface area contributed by atoms with Crippen LogP contribution in [-0.4, -0.2) is 159 Å². The number of ether oxygens (including phenoxy) is 3. The van der Waals surface area contributed by atoms with Crippen molar-refractivity contribution in [3.63, 3.8) is 0 Å². The molecule has 1 aliphatic carbocycles. The minimum absolute atomic E-state index is 0.0144. The second-order valence-electron chi connectivity index (χ2n) is 27.8. The van der Waals surface area contributed by atoms with Gasteiger partial charge in [-0.15, -0.1) is 16.4 Å². The third kappa shape index (κ3) is 11.9. The molecule has 0 spiro atoms. The van der Waals surface area contributed by atoms with Crippen LogP contribution < -0.4 is 25.0 Å². The number of β-amino-alcohol motifs (C(OH)–C–C–N with tert-alkyl or cyclic N) is 1. The number of carbonyl (C=O) groups is 3. The number of piperidine rings is 1. The Bertz CT molecular complexity index is 4170. The van der Waals surface area contributed by atoms with Gasteiger partial charge in [0.25, 0.3) is 0 Å².